The molecule has 15 heavy (non-hydrogen) atoms. The molecule has 0 saturated heterocycles. The van der Waals surface area contributed by atoms with Crippen molar-refractivity contribution in [1.82, 2.24) is 9.38 Å². The van der Waals surface area contributed by atoms with E-state index in [-0.39, 0.29) is 0 Å². The molecule has 0 saturated carbocycles. The predicted octanol–water partition coefficient (Wildman–Crippen LogP) is 2.74. The second-order valence-corrected chi connectivity index (χ2v) is 5.58. The number of hydrogen-bond acceptors (Lipinski definition) is 3. The average Bonchev–Trinajstić information content (AvgIpc) is 2.74. The molecule has 2 aromatic rings. The molecule has 0 fully saturated rings. The van der Waals surface area contributed by atoms with Gasteiger partial charge in [-0.2, -0.15) is 0 Å². The van der Waals surface area contributed by atoms with Gasteiger partial charge < -0.3 is 4.74 Å². The lowest BCUT2D eigenvalue weighted by Gasteiger charge is -2.05. The van der Waals surface area contributed by atoms with E-state index in [1.165, 1.54) is 0 Å². The van der Waals surface area contributed by atoms with Crippen LogP contribution in [0.1, 0.15) is 12.1 Å². The lowest BCUT2D eigenvalue weighted by molar-refractivity contribution is 0.198. The lowest BCUT2D eigenvalue weighted by atomic mass is 10.2. The van der Waals surface area contributed by atoms with Crippen LogP contribution in [0.15, 0.2) is 17.8 Å². The highest BCUT2D eigenvalue weighted by Crippen LogP contribution is 2.15. The van der Waals surface area contributed by atoms with Gasteiger partial charge in [0.25, 0.3) is 0 Å². The van der Waals surface area contributed by atoms with Crippen LogP contribution < -0.4 is 0 Å². The summed E-state index contributed by atoms with van der Waals surface area (Å²) in [5, 5.41) is 2.05. The maximum absolute atomic E-state index is 5.07. The number of nitrogens with zero attached hydrogens (tertiary/aromatic N) is 2. The van der Waals surface area contributed by atoms with Gasteiger partial charge in [0.2, 0.25) is 0 Å². The molecule has 1 atom stereocenters. The minimum atomic E-state index is 0.419. The molecule has 2 aromatic heterocycles. The number of fused-ring (bicyclic) bond motifs is 1. The number of halogens is 1. The molecule has 0 bridgehead atoms. The molecular formula is C10H13BrN2OS. The molecule has 2 heterocycles. The fourth-order valence-corrected chi connectivity index (χ4v) is 2.68. The Hall–Kier alpha value is -0.390. The SMILES string of the molecule is COCC(Br)CCc1cn2ccsc2n1. The first kappa shape index (κ1) is 11.1. The highest BCUT2D eigenvalue weighted by molar-refractivity contribution is 9.09. The minimum absolute atomic E-state index is 0.419. The van der Waals surface area contributed by atoms with E-state index >= 15 is 0 Å². The van der Waals surface area contributed by atoms with Crippen LogP contribution in [-0.4, -0.2) is 27.9 Å². The van der Waals surface area contributed by atoms with Gasteiger partial charge in [0, 0.05) is 29.7 Å². The van der Waals surface area contributed by atoms with E-state index in [4.69, 9.17) is 4.74 Å². The predicted molar refractivity (Wildman–Crippen MR) is 66.0 cm³/mol. The van der Waals surface area contributed by atoms with Crippen molar-refractivity contribution < 1.29 is 4.74 Å². The molecule has 5 heteroatoms. The molecule has 0 aliphatic heterocycles. The van der Waals surface area contributed by atoms with Gasteiger partial charge in [-0.25, -0.2) is 4.98 Å². The molecule has 0 amide bonds. The van der Waals surface area contributed by atoms with E-state index in [2.05, 4.69) is 31.5 Å². The van der Waals surface area contributed by atoms with Crippen LogP contribution >= 0.6 is 27.3 Å². The number of aryl methyl sites for hydroxylation is 1. The van der Waals surface area contributed by atoms with Gasteiger partial charge in [-0.1, -0.05) is 15.9 Å². The van der Waals surface area contributed by atoms with Gasteiger partial charge in [0.15, 0.2) is 4.96 Å². The summed E-state index contributed by atoms with van der Waals surface area (Å²) in [5.41, 5.74) is 1.16. The number of thiazole rings is 1. The lowest BCUT2D eigenvalue weighted by Crippen LogP contribution is -2.07. The van der Waals surface area contributed by atoms with Crippen molar-refractivity contribution in [1.29, 1.82) is 0 Å². The zero-order valence-electron chi connectivity index (χ0n) is 8.52. The Kier molecular flexibility index (Phi) is 3.77. The summed E-state index contributed by atoms with van der Waals surface area (Å²) in [5.74, 6) is 0. The third-order valence-corrected chi connectivity index (χ3v) is 3.70. The summed E-state index contributed by atoms with van der Waals surface area (Å²) in [7, 11) is 1.72. The third-order valence-electron chi connectivity index (χ3n) is 2.20. The van der Waals surface area contributed by atoms with Crippen LogP contribution in [0.2, 0.25) is 0 Å². The largest absolute Gasteiger partial charge is 0.384 e. The zero-order valence-corrected chi connectivity index (χ0v) is 10.9. The molecule has 1 unspecified atom stereocenters. The molecule has 82 valence electrons. The number of methoxy groups -OCH3 is 1. The Labute approximate surface area is 101 Å². The standard InChI is InChI=1S/C10H13BrN2OS/c1-14-7-8(11)2-3-9-6-13-4-5-15-10(13)12-9/h4-6,8H,2-3,7H2,1H3. The number of ether oxygens (including phenoxy) is 1. The molecule has 0 spiro atoms. The van der Waals surface area contributed by atoms with Crippen molar-refractivity contribution in [3.63, 3.8) is 0 Å². The van der Waals surface area contributed by atoms with Crippen LogP contribution in [0.4, 0.5) is 0 Å². The summed E-state index contributed by atoms with van der Waals surface area (Å²) in [6, 6.07) is 0. The second kappa shape index (κ2) is 5.09. The molecule has 0 N–H and O–H groups in total. The molecular weight excluding hydrogens is 276 g/mol. The van der Waals surface area contributed by atoms with Gasteiger partial charge in [-0.3, -0.25) is 4.40 Å². The van der Waals surface area contributed by atoms with Crippen molar-refractivity contribution in [3.8, 4) is 0 Å². The first-order valence-electron chi connectivity index (χ1n) is 4.83. The molecule has 3 nitrogen and oxygen atoms in total. The van der Waals surface area contributed by atoms with Crippen molar-refractivity contribution in [2.75, 3.05) is 13.7 Å². The monoisotopic (exact) mass is 288 g/mol. The average molecular weight is 289 g/mol. The number of imidazole rings is 1. The molecule has 2 rings (SSSR count). The van der Waals surface area contributed by atoms with Crippen LogP contribution in [0.3, 0.4) is 0 Å². The summed E-state index contributed by atoms with van der Waals surface area (Å²) in [4.78, 5) is 6.02. The van der Waals surface area contributed by atoms with Crippen LogP contribution in [0, 0.1) is 0 Å². The van der Waals surface area contributed by atoms with E-state index in [1.807, 2.05) is 11.6 Å². The Balaban J connectivity index is 1.92. The van der Waals surface area contributed by atoms with Crippen molar-refractivity contribution >= 4 is 32.2 Å². The number of hydrogen-bond donors (Lipinski definition) is 0. The fraction of sp³-hybridized carbons (Fsp3) is 0.500. The maximum atomic E-state index is 5.07. The van der Waals surface area contributed by atoms with Crippen molar-refractivity contribution in [2.45, 2.75) is 17.7 Å². The number of rotatable bonds is 5. The summed E-state index contributed by atoms with van der Waals surface area (Å²) < 4.78 is 7.13. The number of aromatic nitrogens is 2. The Morgan fingerprint density at radius 1 is 1.67 bits per heavy atom. The topological polar surface area (TPSA) is 26.5 Å². The molecule has 0 aliphatic carbocycles. The van der Waals surface area contributed by atoms with E-state index in [0.717, 1.165) is 30.1 Å². The van der Waals surface area contributed by atoms with E-state index in [1.54, 1.807) is 18.4 Å². The normalized spacial score (nSPS) is 13.5. The van der Waals surface area contributed by atoms with Gasteiger partial charge in [-0.15, -0.1) is 11.3 Å². The third kappa shape index (κ3) is 2.80. The molecule has 0 aromatic carbocycles. The van der Waals surface area contributed by atoms with Crippen LogP contribution in [-0.2, 0) is 11.2 Å². The first-order valence-corrected chi connectivity index (χ1v) is 6.63. The summed E-state index contributed by atoms with van der Waals surface area (Å²) >= 11 is 5.24. The Bertz CT molecular complexity index is 397. The van der Waals surface area contributed by atoms with Crippen molar-refractivity contribution in [3.05, 3.63) is 23.5 Å². The van der Waals surface area contributed by atoms with Crippen LogP contribution in [0.25, 0.3) is 4.96 Å². The highest BCUT2D eigenvalue weighted by Gasteiger charge is 2.07. The summed E-state index contributed by atoms with van der Waals surface area (Å²) in [6.07, 6.45) is 6.18. The smallest absolute Gasteiger partial charge is 0.193 e. The summed E-state index contributed by atoms with van der Waals surface area (Å²) in [6.45, 7) is 0.752. The maximum Gasteiger partial charge on any atom is 0.193 e. The van der Waals surface area contributed by atoms with Gasteiger partial charge >= 0.3 is 0 Å². The second-order valence-electron chi connectivity index (χ2n) is 3.42. The quantitative estimate of drug-likeness (QED) is 0.791. The zero-order chi connectivity index (χ0) is 10.7. The van der Waals surface area contributed by atoms with Gasteiger partial charge in [-0.05, 0) is 12.8 Å². The number of alkyl halides is 1. The Morgan fingerprint density at radius 3 is 3.27 bits per heavy atom. The van der Waals surface area contributed by atoms with Crippen LogP contribution in [0.5, 0.6) is 0 Å². The fourth-order valence-electron chi connectivity index (χ4n) is 1.47. The van der Waals surface area contributed by atoms with Crippen molar-refractivity contribution in [2.24, 2.45) is 0 Å². The van der Waals surface area contributed by atoms with E-state index in [9.17, 15) is 0 Å². The van der Waals surface area contributed by atoms with Gasteiger partial charge in [0.1, 0.15) is 0 Å². The Morgan fingerprint density at radius 2 is 2.53 bits per heavy atom. The van der Waals surface area contributed by atoms with E-state index in [0.29, 0.717) is 4.83 Å². The molecule has 0 aliphatic rings. The van der Waals surface area contributed by atoms with E-state index < -0.39 is 0 Å². The molecule has 0 radical (unpaired) electrons. The first-order chi connectivity index (χ1) is 7.29. The highest BCUT2D eigenvalue weighted by atomic mass is 79.9. The van der Waals surface area contributed by atoms with Gasteiger partial charge in [0.05, 0.1) is 12.3 Å². The minimum Gasteiger partial charge on any atom is -0.384 e.